The fraction of sp³-hybridized carbons (Fsp3) is 0. The van der Waals surface area contributed by atoms with Crippen molar-refractivity contribution in [1.82, 2.24) is 0 Å². The zero-order chi connectivity index (χ0) is 15.3. The smallest absolute Gasteiger partial charge is 0.115 e. The third-order valence-electron chi connectivity index (χ3n) is 2.27. The van der Waals surface area contributed by atoms with E-state index in [1.807, 2.05) is 18.2 Å². The van der Waals surface area contributed by atoms with E-state index in [1.165, 1.54) is 0 Å². The van der Waals surface area contributed by atoms with Crippen molar-refractivity contribution in [2.45, 2.75) is 0 Å². The number of hydrogen-bond acceptors (Lipinski definition) is 3. The fourth-order valence-electron chi connectivity index (χ4n) is 1.28. The van der Waals surface area contributed by atoms with Gasteiger partial charge in [-0.1, -0.05) is 54.6 Å². The Bertz CT molecular complexity index is 497. The molecule has 3 N–H and O–H groups in total. The first kappa shape index (κ1) is 19.7. The van der Waals surface area contributed by atoms with Crippen LogP contribution in [0.15, 0.2) is 91.0 Å². The van der Waals surface area contributed by atoms with E-state index in [0.29, 0.717) is 17.2 Å². The normalized spacial score (nSPS) is 8.18. The van der Waals surface area contributed by atoms with Gasteiger partial charge in [0.15, 0.2) is 0 Å². The van der Waals surface area contributed by atoms with Crippen LogP contribution in [0.5, 0.6) is 17.2 Å². The summed E-state index contributed by atoms with van der Waals surface area (Å²) in [6.45, 7) is 0. The fourth-order valence-corrected chi connectivity index (χ4v) is 1.28. The van der Waals surface area contributed by atoms with Gasteiger partial charge in [-0.25, -0.2) is 0 Å². The maximum atomic E-state index is 8.63. The minimum absolute atomic E-state index is 0. The predicted octanol–water partition coefficient (Wildman–Crippen LogP) is 4.17. The molecule has 3 aromatic rings. The van der Waals surface area contributed by atoms with Crippen molar-refractivity contribution in [2.75, 3.05) is 0 Å². The summed E-state index contributed by atoms with van der Waals surface area (Å²) in [6.07, 6.45) is 0. The van der Waals surface area contributed by atoms with Crippen LogP contribution >= 0.6 is 0 Å². The van der Waals surface area contributed by atoms with Crippen LogP contribution in [0, 0.1) is 0 Å². The first-order valence-electron chi connectivity index (χ1n) is 6.40. The van der Waals surface area contributed by atoms with Gasteiger partial charge < -0.3 is 15.3 Å². The second-order valence-corrected chi connectivity index (χ2v) is 4.01. The Morgan fingerprint density at radius 2 is 0.545 bits per heavy atom. The molecule has 0 aliphatic heterocycles. The molecule has 0 unspecified atom stereocenters. The molecule has 0 atom stereocenters. The second kappa shape index (κ2) is 12.4. The summed E-state index contributed by atoms with van der Waals surface area (Å²) in [5.41, 5.74) is 0. The Morgan fingerprint density at radius 1 is 0.364 bits per heavy atom. The Kier molecular flexibility index (Phi) is 11.1. The van der Waals surface area contributed by atoms with Gasteiger partial charge in [-0.15, -0.1) is 0 Å². The van der Waals surface area contributed by atoms with Crippen molar-refractivity contribution in [3.8, 4) is 17.2 Å². The zero-order valence-electron chi connectivity index (χ0n) is 11.9. The molecule has 0 aliphatic rings. The molecule has 0 aromatic heterocycles. The van der Waals surface area contributed by atoms with E-state index in [2.05, 4.69) is 0 Å². The molecule has 0 spiro atoms. The van der Waals surface area contributed by atoms with E-state index in [0.717, 1.165) is 0 Å². The Hall–Kier alpha value is -2.32. The van der Waals surface area contributed by atoms with Crippen molar-refractivity contribution in [3.05, 3.63) is 91.0 Å². The number of benzene rings is 3. The Labute approximate surface area is 143 Å². The molecule has 3 rings (SSSR count). The molecule has 0 heterocycles. The summed E-state index contributed by atoms with van der Waals surface area (Å²) in [5.74, 6) is 0.965. The van der Waals surface area contributed by atoms with E-state index in [-0.39, 0.29) is 19.5 Å². The molecule has 0 amide bonds. The van der Waals surface area contributed by atoms with Gasteiger partial charge in [0, 0.05) is 19.5 Å². The minimum Gasteiger partial charge on any atom is -0.508 e. The molecule has 3 aromatic carbocycles. The molecule has 0 saturated carbocycles. The third-order valence-corrected chi connectivity index (χ3v) is 2.27. The van der Waals surface area contributed by atoms with Crippen LogP contribution in [0.2, 0.25) is 0 Å². The maximum Gasteiger partial charge on any atom is 0.115 e. The van der Waals surface area contributed by atoms with Crippen molar-refractivity contribution in [1.29, 1.82) is 0 Å². The van der Waals surface area contributed by atoms with E-state index < -0.39 is 0 Å². The van der Waals surface area contributed by atoms with Crippen molar-refractivity contribution in [2.24, 2.45) is 0 Å². The summed E-state index contributed by atoms with van der Waals surface area (Å²) in [5, 5.41) is 25.9. The van der Waals surface area contributed by atoms with Gasteiger partial charge >= 0.3 is 0 Å². The number of para-hydroxylation sites is 3. The van der Waals surface area contributed by atoms with Gasteiger partial charge in [-0.05, 0) is 36.4 Å². The van der Waals surface area contributed by atoms with Crippen molar-refractivity contribution >= 4 is 0 Å². The van der Waals surface area contributed by atoms with E-state index in [1.54, 1.807) is 72.8 Å². The number of rotatable bonds is 0. The van der Waals surface area contributed by atoms with Crippen molar-refractivity contribution in [3.63, 3.8) is 0 Å². The van der Waals surface area contributed by atoms with Crippen LogP contribution in [-0.2, 0) is 19.5 Å². The standard InChI is InChI=1S/3C6H6O.Ru/c3*7-6-4-2-1-3-5-6;/h3*1-5,7H;. The zero-order valence-corrected chi connectivity index (χ0v) is 13.6. The average molecular weight is 383 g/mol. The number of aromatic hydroxyl groups is 3. The minimum atomic E-state index is 0. The summed E-state index contributed by atoms with van der Waals surface area (Å²) >= 11 is 0. The number of hydrogen-bond donors (Lipinski definition) is 3. The first-order chi connectivity index (χ1) is 10.2. The average Bonchev–Trinajstić information content (AvgIpc) is 2.51. The van der Waals surface area contributed by atoms with Crippen LogP contribution in [-0.4, -0.2) is 15.3 Å². The molecule has 0 saturated heterocycles. The molecule has 116 valence electrons. The third kappa shape index (κ3) is 10.5. The number of phenolic OH excluding ortho intramolecular Hbond substituents is 3. The van der Waals surface area contributed by atoms with Crippen LogP contribution < -0.4 is 0 Å². The van der Waals surface area contributed by atoms with Gasteiger partial charge in [-0.3, -0.25) is 0 Å². The van der Waals surface area contributed by atoms with Gasteiger partial charge in [0.05, 0.1) is 0 Å². The molecular formula is C18H18O3Ru. The largest absolute Gasteiger partial charge is 0.508 e. The van der Waals surface area contributed by atoms with Crippen LogP contribution in [0.25, 0.3) is 0 Å². The first-order valence-corrected chi connectivity index (χ1v) is 6.40. The van der Waals surface area contributed by atoms with Crippen LogP contribution in [0.4, 0.5) is 0 Å². The SMILES string of the molecule is Oc1ccccc1.Oc1ccccc1.Oc1ccccc1.[Ru]. The van der Waals surface area contributed by atoms with Gasteiger partial charge in [0.2, 0.25) is 0 Å². The number of phenols is 3. The molecule has 22 heavy (non-hydrogen) atoms. The quantitative estimate of drug-likeness (QED) is 0.511. The molecular weight excluding hydrogens is 365 g/mol. The van der Waals surface area contributed by atoms with E-state index >= 15 is 0 Å². The molecule has 0 fully saturated rings. The Morgan fingerprint density at radius 3 is 0.636 bits per heavy atom. The summed E-state index contributed by atoms with van der Waals surface area (Å²) in [7, 11) is 0. The topological polar surface area (TPSA) is 60.7 Å². The van der Waals surface area contributed by atoms with E-state index in [9.17, 15) is 0 Å². The van der Waals surface area contributed by atoms with Crippen molar-refractivity contribution < 1.29 is 34.8 Å². The molecule has 4 heteroatoms. The van der Waals surface area contributed by atoms with Gasteiger partial charge in [0.1, 0.15) is 17.2 Å². The summed E-state index contributed by atoms with van der Waals surface area (Å²) < 4.78 is 0. The Balaban J connectivity index is 0.000000294. The van der Waals surface area contributed by atoms with E-state index in [4.69, 9.17) is 15.3 Å². The predicted molar refractivity (Wildman–Crippen MR) is 84.3 cm³/mol. The van der Waals surface area contributed by atoms with Crippen LogP contribution in [0.1, 0.15) is 0 Å². The maximum absolute atomic E-state index is 8.63. The van der Waals surface area contributed by atoms with Crippen LogP contribution in [0.3, 0.4) is 0 Å². The summed E-state index contributed by atoms with van der Waals surface area (Å²) in [4.78, 5) is 0. The molecule has 0 bridgehead atoms. The molecule has 0 radical (unpaired) electrons. The summed E-state index contributed by atoms with van der Waals surface area (Å²) in [6, 6.07) is 26.1. The van der Waals surface area contributed by atoms with Gasteiger partial charge in [-0.2, -0.15) is 0 Å². The molecule has 3 nitrogen and oxygen atoms in total. The molecule has 0 aliphatic carbocycles. The second-order valence-electron chi connectivity index (χ2n) is 4.01. The van der Waals surface area contributed by atoms with Gasteiger partial charge in [0.25, 0.3) is 0 Å². The monoisotopic (exact) mass is 384 g/mol.